The third-order valence-corrected chi connectivity index (χ3v) is 39.8. The Morgan fingerprint density at radius 3 is 1.23 bits per heavy atom. The first-order valence-electron chi connectivity index (χ1n) is 13.8. The Kier molecular flexibility index (Phi) is 20.7. The van der Waals surface area contributed by atoms with E-state index in [0.29, 0.717) is 11.8 Å². The zero-order chi connectivity index (χ0) is 23.6. The maximum absolute atomic E-state index is 7.57. The molecule has 0 rings (SSSR count). The fraction of sp³-hybridized carbons (Fsp3) is 1.00. The fourth-order valence-corrected chi connectivity index (χ4v) is 46.5. The molecule has 0 atom stereocenters. The second kappa shape index (κ2) is 19.7. The van der Waals surface area contributed by atoms with E-state index in [9.17, 15) is 0 Å². The van der Waals surface area contributed by atoms with Crippen molar-refractivity contribution in [3.05, 3.63) is 0 Å². The first-order chi connectivity index (χ1) is 14.8. The van der Waals surface area contributed by atoms with E-state index in [1.807, 2.05) is 0 Å². The molecule has 0 amide bonds. The van der Waals surface area contributed by atoms with Crippen molar-refractivity contribution in [2.75, 3.05) is 13.2 Å². The van der Waals surface area contributed by atoms with Gasteiger partial charge in [0.1, 0.15) is 0 Å². The summed E-state index contributed by atoms with van der Waals surface area (Å²) in [5, 5.41) is 0. The van der Waals surface area contributed by atoms with Crippen LogP contribution in [0.1, 0.15) is 120 Å². The summed E-state index contributed by atoms with van der Waals surface area (Å²) in [6.45, 7) is 20.1. The predicted octanol–water partition coefficient (Wildman–Crippen LogP) is 9.21. The van der Waals surface area contributed by atoms with Crippen LogP contribution < -0.4 is 0 Å². The van der Waals surface area contributed by atoms with Gasteiger partial charge in [-0.1, -0.05) is 0 Å². The average molecular weight is 656 g/mol. The Balaban J connectivity index is 5.85. The summed E-state index contributed by atoms with van der Waals surface area (Å²) in [4.78, 5) is 0. The van der Waals surface area contributed by atoms with E-state index < -0.39 is 38.4 Å². The summed E-state index contributed by atoms with van der Waals surface area (Å²) in [5.74, 6) is 1.33. The molecule has 188 valence electrons. The van der Waals surface area contributed by atoms with Gasteiger partial charge < -0.3 is 0 Å². The molecule has 0 aliphatic rings. The molecular formula is C26H58O3Sn2. The summed E-state index contributed by atoms with van der Waals surface area (Å²) in [6, 6.07) is 0. The first kappa shape index (κ1) is 32.5. The van der Waals surface area contributed by atoms with Crippen molar-refractivity contribution in [2.45, 2.75) is 137 Å². The van der Waals surface area contributed by atoms with E-state index in [0.717, 1.165) is 30.5 Å². The van der Waals surface area contributed by atoms with Crippen LogP contribution in [0.3, 0.4) is 0 Å². The minimum absolute atomic E-state index is 0.666. The molecule has 0 saturated heterocycles. The van der Waals surface area contributed by atoms with Gasteiger partial charge >= 0.3 is 208 Å². The second-order valence-electron chi connectivity index (χ2n) is 10.4. The summed E-state index contributed by atoms with van der Waals surface area (Å²) in [7, 11) is 0. The molecule has 0 unspecified atom stereocenters. The van der Waals surface area contributed by atoms with Crippen molar-refractivity contribution in [2.24, 2.45) is 11.8 Å². The Morgan fingerprint density at radius 1 is 0.548 bits per heavy atom. The van der Waals surface area contributed by atoms with E-state index in [4.69, 9.17) is 7.56 Å². The third-order valence-electron chi connectivity index (χ3n) is 6.20. The Hall–Kier alpha value is 1.48. The fourth-order valence-electron chi connectivity index (χ4n) is 3.94. The Bertz CT molecular complexity index is 366. The van der Waals surface area contributed by atoms with Gasteiger partial charge in [-0.25, -0.2) is 0 Å². The van der Waals surface area contributed by atoms with Crippen LogP contribution in [0.4, 0.5) is 0 Å². The molecule has 0 aliphatic heterocycles. The molecule has 0 fully saturated rings. The van der Waals surface area contributed by atoms with E-state index in [1.54, 1.807) is 0 Å². The average Bonchev–Trinajstić information content (AvgIpc) is 2.72. The molecule has 31 heavy (non-hydrogen) atoms. The molecule has 0 heterocycles. The van der Waals surface area contributed by atoms with Crippen LogP contribution in [-0.2, 0) is 7.56 Å². The molecule has 3 nitrogen and oxygen atoms in total. The third kappa shape index (κ3) is 15.9. The van der Waals surface area contributed by atoms with E-state index in [-0.39, 0.29) is 0 Å². The number of rotatable bonds is 22. The number of unbranched alkanes of at least 4 members (excludes halogenated alkanes) is 4. The number of hydrogen-bond acceptors (Lipinski definition) is 3. The second-order valence-corrected chi connectivity index (χ2v) is 32.9. The first-order valence-corrected chi connectivity index (χ1v) is 26.5. The molecule has 0 radical (unpaired) electrons. The summed E-state index contributed by atoms with van der Waals surface area (Å²) >= 11 is -6.37. The van der Waals surface area contributed by atoms with Crippen LogP contribution in [0.15, 0.2) is 0 Å². The predicted molar refractivity (Wildman–Crippen MR) is 142 cm³/mol. The molecule has 0 N–H and O–H groups in total. The molecule has 0 aromatic carbocycles. The zero-order valence-corrected chi connectivity index (χ0v) is 28.4. The SMILES string of the molecule is CCC[CH2][Sn]([CH2]CCC)([CH2]CCC)[O][Sn]([CH2]CCC)([O]CCC(C)C)[O]CCC(C)C. The summed E-state index contributed by atoms with van der Waals surface area (Å²) in [6.07, 6.45) is 12.4. The molecule has 0 saturated carbocycles. The van der Waals surface area contributed by atoms with Crippen LogP contribution in [0.5, 0.6) is 0 Å². The van der Waals surface area contributed by atoms with Gasteiger partial charge in [0.15, 0.2) is 0 Å². The minimum atomic E-state index is -3.59. The van der Waals surface area contributed by atoms with Crippen molar-refractivity contribution >= 4 is 38.4 Å². The molecule has 0 aromatic rings. The normalized spacial score (nSPS) is 13.0. The van der Waals surface area contributed by atoms with E-state index in [2.05, 4.69) is 55.4 Å². The standard InChI is InChI=1S/2C5H11O.4C4H9.O.2Sn/c2*1-5(2)3-4-6;4*1-3-4-2;;;/h2*5H,3-4H2,1-2H3;4*1,3-4H2,2H3;;;/q2*-1;;;;;;;+2. The monoisotopic (exact) mass is 658 g/mol. The van der Waals surface area contributed by atoms with Crippen LogP contribution in [0, 0.1) is 11.8 Å². The van der Waals surface area contributed by atoms with Crippen LogP contribution in [-0.4, -0.2) is 51.6 Å². The molecule has 5 heteroatoms. The van der Waals surface area contributed by atoms with Gasteiger partial charge in [0.2, 0.25) is 0 Å². The Labute approximate surface area is 207 Å². The van der Waals surface area contributed by atoms with Crippen molar-refractivity contribution in [1.29, 1.82) is 0 Å². The maximum atomic E-state index is 7.57. The summed E-state index contributed by atoms with van der Waals surface area (Å²) in [5.41, 5.74) is 0. The van der Waals surface area contributed by atoms with E-state index in [1.165, 1.54) is 64.7 Å². The van der Waals surface area contributed by atoms with Gasteiger partial charge in [-0.3, -0.25) is 0 Å². The summed E-state index contributed by atoms with van der Waals surface area (Å²) < 4.78 is 26.5. The van der Waals surface area contributed by atoms with Gasteiger partial charge in [0.05, 0.1) is 0 Å². The molecule has 0 spiro atoms. The molecule has 0 bridgehead atoms. The topological polar surface area (TPSA) is 27.7 Å². The van der Waals surface area contributed by atoms with Gasteiger partial charge in [0, 0.05) is 0 Å². The number of hydrogen-bond donors (Lipinski definition) is 0. The van der Waals surface area contributed by atoms with Gasteiger partial charge in [-0.15, -0.1) is 0 Å². The molecule has 0 aromatic heterocycles. The Morgan fingerprint density at radius 2 is 0.903 bits per heavy atom. The van der Waals surface area contributed by atoms with Crippen molar-refractivity contribution in [3.63, 3.8) is 0 Å². The van der Waals surface area contributed by atoms with Crippen molar-refractivity contribution in [1.82, 2.24) is 0 Å². The molecular weight excluding hydrogens is 598 g/mol. The van der Waals surface area contributed by atoms with E-state index >= 15 is 0 Å². The van der Waals surface area contributed by atoms with Gasteiger partial charge in [-0.2, -0.15) is 0 Å². The van der Waals surface area contributed by atoms with Gasteiger partial charge in [0.25, 0.3) is 0 Å². The zero-order valence-electron chi connectivity index (χ0n) is 22.7. The quantitative estimate of drug-likeness (QED) is 0.109. The van der Waals surface area contributed by atoms with Crippen molar-refractivity contribution < 1.29 is 7.56 Å². The van der Waals surface area contributed by atoms with Crippen molar-refractivity contribution in [3.8, 4) is 0 Å². The van der Waals surface area contributed by atoms with Crippen LogP contribution in [0.2, 0.25) is 17.7 Å². The van der Waals surface area contributed by atoms with Gasteiger partial charge in [-0.05, 0) is 0 Å². The van der Waals surface area contributed by atoms with Crippen LogP contribution in [0.25, 0.3) is 0 Å². The van der Waals surface area contributed by atoms with Crippen LogP contribution >= 0.6 is 0 Å². The molecule has 0 aliphatic carbocycles.